The molecular formula is C7H9BNO. The Labute approximate surface area is 62.6 Å². The molecule has 0 atom stereocenters. The van der Waals surface area contributed by atoms with Crippen LogP contribution in [0.5, 0.6) is 5.75 Å². The summed E-state index contributed by atoms with van der Waals surface area (Å²) in [6, 6.07) is 7.39. The van der Waals surface area contributed by atoms with Crippen LogP contribution in [-0.2, 0) is 0 Å². The Kier molecular flexibility index (Phi) is 3.40. The van der Waals surface area contributed by atoms with Crippen molar-refractivity contribution in [2.24, 2.45) is 0 Å². The zero-order valence-electron chi connectivity index (χ0n) is 5.87. The van der Waals surface area contributed by atoms with Crippen LogP contribution in [0.25, 0.3) is 0 Å². The number of ether oxygens (including phenoxy) is 1. The van der Waals surface area contributed by atoms with Crippen LogP contribution < -0.4 is 10.5 Å². The third kappa shape index (κ3) is 1.69. The fourth-order valence-corrected chi connectivity index (χ4v) is 0.666. The maximum absolute atomic E-state index is 5.51. The molecule has 0 saturated carbocycles. The Bertz CT molecular complexity index is 203. The predicted octanol–water partition coefficient (Wildman–Crippen LogP) is 0.897. The van der Waals surface area contributed by atoms with Crippen LogP contribution in [0.3, 0.4) is 0 Å². The molecule has 3 heteroatoms. The SMILES string of the molecule is COc1ccccc1N.[B]. The van der Waals surface area contributed by atoms with E-state index in [2.05, 4.69) is 0 Å². The normalized spacial score (nSPS) is 8.10. The molecule has 0 aliphatic rings. The minimum Gasteiger partial charge on any atom is -0.495 e. The summed E-state index contributed by atoms with van der Waals surface area (Å²) < 4.78 is 4.92. The lowest BCUT2D eigenvalue weighted by atomic mass is 10.3. The monoisotopic (exact) mass is 134 g/mol. The molecule has 1 aromatic carbocycles. The van der Waals surface area contributed by atoms with Gasteiger partial charge in [0.15, 0.2) is 0 Å². The molecule has 1 rings (SSSR count). The first-order valence-corrected chi connectivity index (χ1v) is 2.73. The lowest BCUT2D eigenvalue weighted by Gasteiger charge is -2.00. The molecule has 3 radical (unpaired) electrons. The summed E-state index contributed by atoms with van der Waals surface area (Å²) in [5.74, 6) is 0.734. The lowest BCUT2D eigenvalue weighted by Crippen LogP contribution is -1.89. The molecule has 0 aliphatic carbocycles. The molecule has 1 aromatic rings. The minimum atomic E-state index is 0. The van der Waals surface area contributed by atoms with Crippen molar-refractivity contribution >= 4 is 14.1 Å². The highest BCUT2D eigenvalue weighted by molar-refractivity contribution is 5.75. The summed E-state index contributed by atoms with van der Waals surface area (Å²) in [6.45, 7) is 0. The quantitative estimate of drug-likeness (QED) is 0.457. The minimum absolute atomic E-state index is 0. The maximum Gasteiger partial charge on any atom is 0.141 e. The lowest BCUT2D eigenvalue weighted by molar-refractivity contribution is 0.417. The van der Waals surface area contributed by atoms with Gasteiger partial charge in [-0.2, -0.15) is 0 Å². The van der Waals surface area contributed by atoms with Crippen LogP contribution in [0.15, 0.2) is 24.3 Å². The Balaban J connectivity index is 0.000000810. The van der Waals surface area contributed by atoms with Crippen molar-refractivity contribution in [2.45, 2.75) is 0 Å². The highest BCUT2D eigenvalue weighted by atomic mass is 16.5. The van der Waals surface area contributed by atoms with E-state index in [-0.39, 0.29) is 8.41 Å². The van der Waals surface area contributed by atoms with Crippen LogP contribution in [0.1, 0.15) is 0 Å². The Morgan fingerprint density at radius 1 is 1.30 bits per heavy atom. The molecule has 51 valence electrons. The van der Waals surface area contributed by atoms with Crippen molar-refractivity contribution < 1.29 is 4.74 Å². The number of methoxy groups -OCH3 is 1. The third-order valence-corrected chi connectivity index (χ3v) is 1.14. The summed E-state index contributed by atoms with van der Waals surface area (Å²) in [7, 11) is 1.60. The van der Waals surface area contributed by atoms with Crippen molar-refractivity contribution in [2.75, 3.05) is 12.8 Å². The first-order chi connectivity index (χ1) is 4.34. The van der Waals surface area contributed by atoms with Gasteiger partial charge < -0.3 is 10.5 Å². The molecule has 10 heavy (non-hydrogen) atoms. The number of para-hydroxylation sites is 2. The van der Waals surface area contributed by atoms with Gasteiger partial charge in [-0.1, -0.05) is 12.1 Å². The van der Waals surface area contributed by atoms with Crippen LogP contribution in [0.4, 0.5) is 5.69 Å². The number of hydrogen-bond acceptors (Lipinski definition) is 2. The molecule has 0 heterocycles. The molecule has 0 spiro atoms. The van der Waals surface area contributed by atoms with Gasteiger partial charge in [0.25, 0.3) is 0 Å². The largest absolute Gasteiger partial charge is 0.495 e. The second-order valence-corrected chi connectivity index (χ2v) is 1.74. The summed E-state index contributed by atoms with van der Waals surface area (Å²) in [5, 5.41) is 0. The number of rotatable bonds is 1. The van der Waals surface area contributed by atoms with E-state index in [1.54, 1.807) is 13.2 Å². The number of nitrogens with two attached hydrogens (primary N) is 1. The zero-order chi connectivity index (χ0) is 6.69. The topological polar surface area (TPSA) is 35.2 Å². The summed E-state index contributed by atoms with van der Waals surface area (Å²) in [4.78, 5) is 0. The number of benzene rings is 1. The molecule has 0 unspecified atom stereocenters. The number of anilines is 1. The molecular weight excluding hydrogens is 125 g/mol. The van der Waals surface area contributed by atoms with Crippen molar-refractivity contribution in [1.82, 2.24) is 0 Å². The second-order valence-electron chi connectivity index (χ2n) is 1.74. The summed E-state index contributed by atoms with van der Waals surface area (Å²) in [6.07, 6.45) is 0. The maximum atomic E-state index is 5.51. The van der Waals surface area contributed by atoms with E-state index < -0.39 is 0 Å². The summed E-state index contributed by atoms with van der Waals surface area (Å²) >= 11 is 0. The van der Waals surface area contributed by atoms with Gasteiger partial charge >= 0.3 is 0 Å². The van der Waals surface area contributed by atoms with E-state index in [1.165, 1.54) is 0 Å². The van der Waals surface area contributed by atoms with Crippen LogP contribution in [0.2, 0.25) is 0 Å². The van der Waals surface area contributed by atoms with E-state index in [0.29, 0.717) is 5.69 Å². The zero-order valence-corrected chi connectivity index (χ0v) is 5.87. The molecule has 2 nitrogen and oxygen atoms in total. The average molecular weight is 134 g/mol. The molecule has 0 amide bonds. The van der Waals surface area contributed by atoms with Gasteiger partial charge in [0, 0.05) is 8.41 Å². The van der Waals surface area contributed by atoms with Crippen LogP contribution in [-0.4, -0.2) is 15.5 Å². The smallest absolute Gasteiger partial charge is 0.141 e. The van der Waals surface area contributed by atoms with E-state index in [9.17, 15) is 0 Å². The average Bonchev–Trinajstić information content (AvgIpc) is 1.89. The van der Waals surface area contributed by atoms with Crippen molar-refractivity contribution in [1.29, 1.82) is 0 Å². The molecule has 0 fully saturated rings. The Morgan fingerprint density at radius 2 is 1.90 bits per heavy atom. The number of hydrogen-bond donors (Lipinski definition) is 1. The van der Waals surface area contributed by atoms with E-state index in [4.69, 9.17) is 10.5 Å². The molecule has 0 aromatic heterocycles. The summed E-state index contributed by atoms with van der Waals surface area (Å²) in [5.41, 5.74) is 6.19. The van der Waals surface area contributed by atoms with Gasteiger partial charge in [-0.15, -0.1) is 0 Å². The second kappa shape index (κ2) is 3.83. The van der Waals surface area contributed by atoms with Gasteiger partial charge in [0.1, 0.15) is 5.75 Å². The van der Waals surface area contributed by atoms with E-state index in [1.807, 2.05) is 18.2 Å². The van der Waals surface area contributed by atoms with Gasteiger partial charge in [-0.05, 0) is 12.1 Å². The van der Waals surface area contributed by atoms with Crippen molar-refractivity contribution in [3.8, 4) is 5.75 Å². The van der Waals surface area contributed by atoms with Crippen molar-refractivity contribution in [3.05, 3.63) is 24.3 Å². The van der Waals surface area contributed by atoms with Crippen LogP contribution >= 0.6 is 0 Å². The standard InChI is InChI=1S/C7H9NO.B/c1-9-7-5-3-2-4-6(7)8;/h2-5H,8H2,1H3;. The first-order valence-electron chi connectivity index (χ1n) is 2.73. The van der Waals surface area contributed by atoms with Gasteiger partial charge in [-0.25, -0.2) is 0 Å². The fourth-order valence-electron chi connectivity index (χ4n) is 0.666. The van der Waals surface area contributed by atoms with Gasteiger partial charge in [0.05, 0.1) is 12.8 Å². The third-order valence-electron chi connectivity index (χ3n) is 1.14. The number of nitrogen functional groups attached to an aromatic ring is 1. The molecule has 0 aliphatic heterocycles. The Morgan fingerprint density at radius 3 is 2.30 bits per heavy atom. The van der Waals surface area contributed by atoms with Gasteiger partial charge in [-0.3, -0.25) is 0 Å². The highest BCUT2D eigenvalue weighted by Gasteiger charge is 1.91. The molecule has 0 saturated heterocycles. The predicted molar refractivity (Wildman–Crippen MR) is 43.2 cm³/mol. The van der Waals surface area contributed by atoms with E-state index >= 15 is 0 Å². The van der Waals surface area contributed by atoms with Crippen molar-refractivity contribution in [3.63, 3.8) is 0 Å². The molecule has 2 N–H and O–H groups in total. The highest BCUT2D eigenvalue weighted by Crippen LogP contribution is 2.18. The first kappa shape index (κ1) is 8.88. The molecule has 0 bridgehead atoms. The Hall–Kier alpha value is -1.12. The van der Waals surface area contributed by atoms with E-state index in [0.717, 1.165) is 5.75 Å². The van der Waals surface area contributed by atoms with Crippen LogP contribution in [0, 0.1) is 0 Å². The fraction of sp³-hybridized carbons (Fsp3) is 0.143. The van der Waals surface area contributed by atoms with Gasteiger partial charge in [0.2, 0.25) is 0 Å².